The summed E-state index contributed by atoms with van der Waals surface area (Å²) in [4.78, 5) is 0. The predicted molar refractivity (Wildman–Crippen MR) is 167 cm³/mol. The second-order valence-corrected chi connectivity index (χ2v) is 29.8. The maximum atomic E-state index is 2.70. The number of allylic oxidation sites excluding steroid dienone is 2. The molecule has 0 nitrogen and oxygen atoms in total. The number of benzene rings is 4. The minimum absolute atomic E-state index is 0.598. The quantitative estimate of drug-likeness (QED) is 0.189. The van der Waals surface area contributed by atoms with Crippen molar-refractivity contribution in [2.24, 2.45) is 0 Å². The molecule has 2 aliphatic carbocycles. The van der Waals surface area contributed by atoms with Gasteiger partial charge >= 0.3 is 215 Å². The predicted octanol–water partition coefficient (Wildman–Crippen LogP) is 10.4. The summed E-state index contributed by atoms with van der Waals surface area (Å²) >= 11 is -2.98. The third kappa shape index (κ3) is 4.82. The molecule has 2 atom stereocenters. The fourth-order valence-corrected chi connectivity index (χ4v) is 24.8. The van der Waals surface area contributed by atoms with Crippen LogP contribution in [-0.4, -0.2) is 9.52 Å². The van der Waals surface area contributed by atoms with Crippen molar-refractivity contribution in [3.63, 3.8) is 0 Å². The van der Waals surface area contributed by atoms with Crippen LogP contribution in [0.25, 0.3) is 34.4 Å². The Hall–Kier alpha value is -2.55. The van der Waals surface area contributed by atoms with Gasteiger partial charge in [0, 0.05) is 9.52 Å². The molecule has 0 saturated carbocycles. The summed E-state index contributed by atoms with van der Waals surface area (Å²) in [5, 5.41) is 0. The van der Waals surface area contributed by atoms with Crippen LogP contribution in [-0.2, 0) is 20.0 Å². The van der Waals surface area contributed by atoms with Gasteiger partial charge in [0.15, 0.2) is 0 Å². The summed E-state index contributed by atoms with van der Waals surface area (Å²) in [6.45, 7) is 9.19. The normalized spacial score (nSPS) is 17.6. The molecule has 0 amide bonds. The Labute approximate surface area is 236 Å². The van der Waals surface area contributed by atoms with E-state index in [2.05, 4.69) is 146 Å². The molecule has 0 spiro atoms. The standard InChI is InChI=1S/2C16H13.C2H7Si.2CH3.Hf/c2*1-12-10-14-8-5-9-15(16(14)11-12)13-6-3-2-4-7-13;1-3-2;;;/h2*2-11H,1H3;3H,1-2H3;2*1H3;. The molecule has 0 fully saturated rings. The molecular weight excluding hydrogens is 639 g/mol. The van der Waals surface area contributed by atoms with Crippen molar-refractivity contribution in [2.75, 3.05) is 0 Å². The molecule has 0 bridgehead atoms. The monoisotopic (exact) mass is 679 g/mol. The zero-order valence-electron chi connectivity index (χ0n) is 23.6. The third-order valence-electron chi connectivity index (χ3n) is 8.21. The van der Waals surface area contributed by atoms with Crippen molar-refractivity contribution < 1.29 is 20.0 Å². The molecule has 6 rings (SSSR count). The summed E-state index contributed by atoms with van der Waals surface area (Å²) < 4.78 is 6.60. The molecule has 4 aromatic carbocycles. The van der Waals surface area contributed by atoms with Gasteiger partial charge in [0.2, 0.25) is 0 Å². The summed E-state index contributed by atoms with van der Waals surface area (Å²) in [6.07, 6.45) is 5.00. The van der Waals surface area contributed by atoms with Gasteiger partial charge in [-0.3, -0.25) is 0 Å². The average molecular weight is 678 g/mol. The molecule has 2 aliphatic rings. The van der Waals surface area contributed by atoms with Crippen LogP contribution in [0.3, 0.4) is 0 Å². The Bertz CT molecular complexity index is 1380. The van der Waals surface area contributed by atoms with Crippen LogP contribution in [0.15, 0.2) is 108 Å². The average Bonchev–Trinajstić information content (AvgIpc) is 3.46. The molecular formula is C36H39HfSi. The van der Waals surface area contributed by atoms with Crippen LogP contribution in [0, 0.1) is 0 Å². The van der Waals surface area contributed by atoms with Gasteiger partial charge in [-0.25, -0.2) is 0 Å². The van der Waals surface area contributed by atoms with Gasteiger partial charge in [0.1, 0.15) is 0 Å². The fraction of sp³-hybridized carbons (Fsp3) is 0.222. The fourth-order valence-electron chi connectivity index (χ4n) is 6.99. The van der Waals surface area contributed by atoms with E-state index >= 15 is 0 Å². The van der Waals surface area contributed by atoms with E-state index in [0.717, 1.165) is 9.52 Å². The molecule has 191 valence electrons. The van der Waals surface area contributed by atoms with E-state index in [1.165, 1.54) is 33.4 Å². The van der Waals surface area contributed by atoms with E-state index in [-0.39, 0.29) is 0 Å². The van der Waals surface area contributed by atoms with Crippen molar-refractivity contribution in [3.05, 3.63) is 130 Å². The minimum Gasteiger partial charge on any atom is -0.0743 e. The maximum absolute atomic E-state index is 2.98. The molecule has 4 aromatic rings. The van der Waals surface area contributed by atoms with Crippen LogP contribution in [0.2, 0.25) is 22.5 Å². The van der Waals surface area contributed by atoms with Crippen molar-refractivity contribution >= 4 is 21.7 Å². The molecule has 0 N–H and O–H groups in total. The first-order chi connectivity index (χ1) is 18.4. The van der Waals surface area contributed by atoms with Gasteiger partial charge in [-0.1, -0.05) is 13.1 Å². The number of rotatable bonds is 4. The van der Waals surface area contributed by atoms with Crippen LogP contribution in [0.1, 0.15) is 43.5 Å². The first-order valence-electron chi connectivity index (χ1n) is 13.9. The second kappa shape index (κ2) is 11.3. The maximum Gasteiger partial charge on any atom is 0.0213 e. The molecule has 0 saturated heterocycles. The molecule has 2 unspecified atom stereocenters. The summed E-state index contributed by atoms with van der Waals surface area (Å²) in [5.74, 6) is 0. The van der Waals surface area contributed by atoms with E-state index in [4.69, 9.17) is 0 Å². The SMILES string of the molecule is CC1=Cc2c(-c3ccccc3)cccc2[CH]1[Hf]([CH3])([CH3])[CH]1C(C)=Cc2c(-c3ccccc3)cccc21.C[SiH]C. The Kier molecular flexibility index (Phi) is 8.02. The summed E-state index contributed by atoms with van der Waals surface area (Å²) in [5.41, 5.74) is 14.5. The molecule has 0 aliphatic heterocycles. The smallest absolute Gasteiger partial charge is 0.0213 e. The van der Waals surface area contributed by atoms with Gasteiger partial charge < -0.3 is 0 Å². The van der Waals surface area contributed by atoms with E-state index in [1.807, 2.05) is 0 Å². The van der Waals surface area contributed by atoms with Gasteiger partial charge in [-0.2, -0.15) is 0 Å². The number of hydrogen-bond acceptors (Lipinski definition) is 0. The summed E-state index contributed by atoms with van der Waals surface area (Å²) in [6, 6.07) is 35.8. The molecule has 1 radical (unpaired) electrons. The van der Waals surface area contributed by atoms with E-state index in [1.54, 1.807) is 22.3 Å². The van der Waals surface area contributed by atoms with Crippen molar-refractivity contribution in [3.8, 4) is 22.3 Å². The van der Waals surface area contributed by atoms with Gasteiger partial charge in [-0.05, 0) is 0 Å². The molecule has 0 aromatic heterocycles. The Balaban J connectivity index is 0.000000937. The van der Waals surface area contributed by atoms with Crippen molar-refractivity contribution in [1.29, 1.82) is 0 Å². The minimum atomic E-state index is -2.98. The first-order valence-corrected chi connectivity index (χ1v) is 27.5. The Morgan fingerprint density at radius 1 is 0.526 bits per heavy atom. The topological polar surface area (TPSA) is 0 Å². The van der Waals surface area contributed by atoms with Crippen LogP contribution in [0.5, 0.6) is 0 Å². The number of fused-ring (bicyclic) bond motifs is 2. The van der Waals surface area contributed by atoms with Crippen LogP contribution >= 0.6 is 0 Å². The zero-order valence-corrected chi connectivity index (χ0v) is 28.4. The second-order valence-electron chi connectivity index (χ2n) is 11.4. The zero-order chi connectivity index (χ0) is 26.9. The third-order valence-corrected chi connectivity index (χ3v) is 24.4. The van der Waals surface area contributed by atoms with E-state index in [0.29, 0.717) is 7.35 Å². The van der Waals surface area contributed by atoms with Gasteiger partial charge in [0.25, 0.3) is 0 Å². The van der Waals surface area contributed by atoms with Crippen LogP contribution < -0.4 is 0 Å². The van der Waals surface area contributed by atoms with E-state index < -0.39 is 20.0 Å². The molecule has 38 heavy (non-hydrogen) atoms. The molecule has 2 heteroatoms. The Morgan fingerprint density at radius 3 is 1.26 bits per heavy atom. The van der Waals surface area contributed by atoms with E-state index in [9.17, 15) is 0 Å². The number of hydrogen-bond donors (Lipinski definition) is 0. The van der Waals surface area contributed by atoms with Crippen molar-refractivity contribution in [1.82, 2.24) is 0 Å². The first kappa shape index (κ1) is 27.0. The van der Waals surface area contributed by atoms with Crippen molar-refractivity contribution in [2.45, 2.75) is 43.7 Å². The van der Waals surface area contributed by atoms with Gasteiger partial charge in [0.05, 0.1) is 0 Å². The molecule has 0 heterocycles. The Morgan fingerprint density at radius 2 is 0.895 bits per heavy atom. The largest absolute Gasteiger partial charge is 0.0743 e. The summed E-state index contributed by atoms with van der Waals surface area (Å²) in [7, 11) is 0.750. The van der Waals surface area contributed by atoms with Crippen LogP contribution in [0.4, 0.5) is 0 Å². The van der Waals surface area contributed by atoms with Gasteiger partial charge in [-0.15, -0.1) is 0 Å².